The summed E-state index contributed by atoms with van der Waals surface area (Å²) in [6.07, 6.45) is 4.75. The Morgan fingerprint density at radius 2 is 2.09 bits per heavy atom. The Kier molecular flexibility index (Phi) is 4.94. The van der Waals surface area contributed by atoms with Gasteiger partial charge in [-0.25, -0.2) is 0 Å². The maximum absolute atomic E-state index is 12.3. The fraction of sp³-hybridized carbons (Fsp3) is 0.167. The third kappa shape index (κ3) is 3.54. The first-order valence-electron chi connectivity index (χ1n) is 7.36. The van der Waals surface area contributed by atoms with Gasteiger partial charge in [-0.15, -0.1) is 11.8 Å². The monoisotopic (exact) mass is 344 g/mol. The number of amides is 1. The summed E-state index contributed by atoms with van der Waals surface area (Å²) >= 11 is 7.72. The van der Waals surface area contributed by atoms with Gasteiger partial charge in [0.1, 0.15) is 0 Å². The lowest BCUT2D eigenvalue weighted by molar-refractivity contribution is 0.0954. The lowest BCUT2D eigenvalue weighted by Crippen LogP contribution is -2.26. The Bertz CT molecular complexity index is 844. The molecular weight excluding hydrogens is 328 g/mol. The predicted molar refractivity (Wildman–Crippen MR) is 97.6 cm³/mol. The lowest BCUT2D eigenvalue weighted by Gasteiger charge is -2.08. The van der Waals surface area contributed by atoms with Gasteiger partial charge in [0.2, 0.25) is 0 Å². The Hall–Kier alpha value is -1.91. The maximum atomic E-state index is 12.3. The van der Waals surface area contributed by atoms with Crippen LogP contribution < -0.4 is 5.32 Å². The van der Waals surface area contributed by atoms with Gasteiger partial charge in [-0.2, -0.15) is 0 Å². The average Bonchev–Trinajstić information content (AvgIpc) is 2.98. The van der Waals surface area contributed by atoms with Crippen LogP contribution in [0.1, 0.15) is 15.9 Å². The van der Waals surface area contributed by atoms with Crippen molar-refractivity contribution in [3.05, 3.63) is 64.8 Å². The predicted octanol–water partition coefficient (Wildman–Crippen LogP) is 4.52. The van der Waals surface area contributed by atoms with E-state index >= 15 is 0 Å². The summed E-state index contributed by atoms with van der Waals surface area (Å²) in [5, 5.41) is 4.62. The Morgan fingerprint density at radius 3 is 2.91 bits per heavy atom. The van der Waals surface area contributed by atoms with Crippen LogP contribution in [-0.2, 0) is 6.42 Å². The summed E-state index contributed by atoms with van der Waals surface area (Å²) in [5.74, 6) is -0.134. The van der Waals surface area contributed by atoms with Gasteiger partial charge >= 0.3 is 0 Å². The standard InChI is InChI=1S/C18H17ClN2OS/c1-23-13-6-7-16(19)15(10-13)18(22)20-9-8-12-11-21-17-5-3-2-4-14(12)17/h2-7,10-11,21H,8-9H2,1H3,(H,20,22). The molecule has 1 amide bonds. The highest BCUT2D eigenvalue weighted by atomic mass is 35.5. The third-order valence-corrected chi connectivity index (χ3v) is 4.83. The van der Waals surface area contributed by atoms with Gasteiger partial charge in [0.15, 0.2) is 0 Å². The second-order valence-electron chi connectivity index (χ2n) is 5.21. The van der Waals surface area contributed by atoms with E-state index in [0.29, 0.717) is 17.1 Å². The molecule has 0 saturated heterocycles. The number of carbonyl (C=O) groups excluding carboxylic acids is 1. The fourth-order valence-corrected chi connectivity index (χ4v) is 3.19. The molecule has 1 heterocycles. The number of hydrogen-bond acceptors (Lipinski definition) is 2. The second kappa shape index (κ2) is 7.11. The summed E-state index contributed by atoms with van der Waals surface area (Å²) in [7, 11) is 0. The van der Waals surface area contributed by atoms with Crippen LogP contribution in [-0.4, -0.2) is 23.7 Å². The minimum absolute atomic E-state index is 0.134. The van der Waals surface area contributed by atoms with E-state index in [9.17, 15) is 4.79 Å². The molecule has 118 valence electrons. The molecular formula is C18H17ClN2OS. The fourth-order valence-electron chi connectivity index (χ4n) is 2.55. The van der Waals surface area contributed by atoms with E-state index in [-0.39, 0.29) is 5.91 Å². The molecule has 0 aliphatic heterocycles. The molecule has 0 aliphatic carbocycles. The molecule has 3 aromatic rings. The van der Waals surface area contributed by atoms with Crippen molar-refractivity contribution >= 4 is 40.2 Å². The van der Waals surface area contributed by atoms with Gasteiger partial charge in [0.25, 0.3) is 5.91 Å². The number of aromatic nitrogens is 1. The van der Waals surface area contributed by atoms with Gasteiger partial charge in [-0.05, 0) is 42.5 Å². The van der Waals surface area contributed by atoms with Crippen molar-refractivity contribution in [2.24, 2.45) is 0 Å². The summed E-state index contributed by atoms with van der Waals surface area (Å²) in [6.45, 7) is 0.570. The zero-order chi connectivity index (χ0) is 16.2. The molecule has 3 rings (SSSR count). The van der Waals surface area contributed by atoms with Crippen LogP contribution in [0.25, 0.3) is 10.9 Å². The first-order chi connectivity index (χ1) is 11.2. The first kappa shape index (κ1) is 16.0. The normalized spacial score (nSPS) is 10.9. The number of carbonyl (C=O) groups is 1. The number of para-hydroxylation sites is 1. The number of halogens is 1. The average molecular weight is 345 g/mol. The van der Waals surface area contributed by atoms with Crippen molar-refractivity contribution in [1.29, 1.82) is 0 Å². The summed E-state index contributed by atoms with van der Waals surface area (Å²) < 4.78 is 0. The highest BCUT2D eigenvalue weighted by Gasteiger charge is 2.11. The van der Waals surface area contributed by atoms with Crippen LogP contribution in [0.5, 0.6) is 0 Å². The molecule has 2 N–H and O–H groups in total. The van der Waals surface area contributed by atoms with E-state index in [2.05, 4.69) is 16.4 Å². The van der Waals surface area contributed by atoms with E-state index in [0.717, 1.165) is 16.8 Å². The van der Waals surface area contributed by atoms with Crippen LogP contribution >= 0.6 is 23.4 Å². The number of nitrogens with one attached hydrogen (secondary N) is 2. The van der Waals surface area contributed by atoms with E-state index in [4.69, 9.17) is 11.6 Å². The van der Waals surface area contributed by atoms with Crippen molar-refractivity contribution < 1.29 is 4.79 Å². The minimum Gasteiger partial charge on any atom is -0.361 e. The molecule has 0 aliphatic rings. The number of hydrogen-bond donors (Lipinski definition) is 2. The van der Waals surface area contributed by atoms with Crippen molar-refractivity contribution in [2.75, 3.05) is 12.8 Å². The number of rotatable bonds is 5. The first-order valence-corrected chi connectivity index (χ1v) is 8.96. The summed E-state index contributed by atoms with van der Waals surface area (Å²) in [4.78, 5) is 16.6. The van der Waals surface area contributed by atoms with E-state index in [1.165, 1.54) is 10.9 Å². The largest absolute Gasteiger partial charge is 0.361 e. The molecule has 0 radical (unpaired) electrons. The van der Waals surface area contributed by atoms with Crippen molar-refractivity contribution in [3.63, 3.8) is 0 Å². The van der Waals surface area contributed by atoms with Crippen LogP contribution in [0, 0.1) is 0 Å². The molecule has 0 fully saturated rings. The van der Waals surface area contributed by atoms with Gasteiger partial charge in [-0.3, -0.25) is 4.79 Å². The second-order valence-corrected chi connectivity index (χ2v) is 6.50. The number of fused-ring (bicyclic) bond motifs is 1. The minimum atomic E-state index is -0.134. The third-order valence-electron chi connectivity index (χ3n) is 3.77. The van der Waals surface area contributed by atoms with Gasteiger partial charge in [-0.1, -0.05) is 29.8 Å². The van der Waals surface area contributed by atoms with Crippen molar-refractivity contribution in [1.82, 2.24) is 10.3 Å². The number of benzene rings is 2. The Labute approximate surface area is 144 Å². The van der Waals surface area contributed by atoms with Crippen LogP contribution in [0.15, 0.2) is 53.6 Å². The van der Waals surface area contributed by atoms with Crippen LogP contribution in [0.4, 0.5) is 0 Å². The van der Waals surface area contributed by atoms with Crippen molar-refractivity contribution in [2.45, 2.75) is 11.3 Å². The zero-order valence-electron chi connectivity index (χ0n) is 12.7. The van der Waals surface area contributed by atoms with Gasteiger partial charge in [0, 0.05) is 28.5 Å². The molecule has 2 aromatic carbocycles. The zero-order valence-corrected chi connectivity index (χ0v) is 14.3. The maximum Gasteiger partial charge on any atom is 0.252 e. The molecule has 23 heavy (non-hydrogen) atoms. The SMILES string of the molecule is CSc1ccc(Cl)c(C(=O)NCCc2c[nH]c3ccccc23)c1. The molecule has 1 aromatic heterocycles. The van der Waals surface area contributed by atoms with Gasteiger partial charge < -0.3 is 10.3 Å². The number of H-pyrrole nitrogens is 1. The lowest BCUT2D eigenvalue weighted by atomic mass is 10.1. The quantitative estimate of drug-likeness (QED) is 0.668. The van der Waals surface area contributed by atoms with Crippen LogP contribution in [0.2, 0.25) is 5.02 Å². The van der Waals surface area contributed by atoms with E-state index in [1.54, 1.807) is 17.8 Å². The smallest absolute Gasteiger partial charge is 0.252 e. The highest BCUT2D eigenvalue weighted by molar-refractivity contribution is 7.98. The number of thioether (sulfide) groups is 1. The van der Waals surface area contributed by atoms with Crippen LogP contribution in [0.3, 0.4) is 0 Å². The summed E-state index contributed by atoms with van der Waals surface area (Å²) in [6, 6.07) is 13.7. The number of aromatic amines is 1. The highest BCUT2D eigenvalue weighted by Crippen LogP contribution is 2.23. The molecule has 0 unspecified atom stereocenters. The van der Waals surface area contributed by atoms with Crippen molar-refractivity contribution in [3.8, 4) is 0 Å². The molecule has 0 atom stereocenters. The van der Waals surface area contributed by atoms with Gasteiger partial charge in [0.05, 0.1) is 10.6 Å². The molecule has 0 saturated carbocycles. The Morgan fingerprint density at radius 1 is 1.26 bits per heavy atom. The molecule has 3 nitrogen and oxygen atoms in total. The van der Waals surface area contributed by atoms with E-state index < -0.39 is 0 Å². The molecule has 0 bridgehead atoms. The molecule has 0 spiro atoms. The topological polar surface area (TPSA) is 44.9 Å². The Balaban J connectivity index is 1.65. The molecule has 5 heteroatoms. The van der Waals surface area contributed by atoms with E-state index in [1.807, 2.05) is 42.8 Å². The summed E-state index contributed by atoms with van der Waals surface area (Å²) in [5.41, 5.74) is 2.84.